The quantitative estimate of drug-likeness (QED) is 0.743. The van der Waals surface area contributed by atoms with E-state index in [1.165, 1.54) is 0 Å². The van der Waals surface area contributed by atoms with Crippen molar-refractivity contribution in [1.29, 1.82) is 0 Å². The number of rotatable bonds is 2. The maximum Gasteiger partial charge on any atom is 0.416 e. The second-order valence-electron chi connectivity index (χ2n) is 6.22. The summed E-state index contributed by atoms with van der Waals surface area (Å²) in [5.74, 6) is -0.413. The molecule has 1 aromatic carbocycles. The maximum atomic E-state index is 12.7. The molecule has 0 aliphatic heterocycles. The van der Waals surface area contributed by atoms with Crippen LogP contribution in [0.1, 0.15) is 32.3 Å². The fraction of sp³-hybridized carbons (Fsp3) is 0.375. The molecule has 3 nitrogen and oxygen atoms in total. The SMILES string of the molecule is CC1(C)CC(=O)C(C=Nc2cc(C(F)(F)F)ccc2Cl)=C(O)C1. The summed E-state index contributed by atoms with van der Waals surface area (Å²) < 4.78 is 38.1. The number of aliphatic imine (C=N–C) groups is 1. The second-order valence-corrected chi connectivity index (χ2v) is 6.63. The summed E-state index contributed by atoms with van der Waals surface area (Å²) in [5, 5.41) is 9.99. The normalized spacial score (nSPS) is 18.8. The summed E-state index contributed by atoms with van der Waals surface area (Å²) in [6, 6.07) is 2.75. The van der Waals surface area contributed by atoms with Crippen LogP contribution >= 0.6 is 11.6 Å². The van der Waals surface area contributed by atoms with E-state index in [0.717, 1.165) is 24.4 Å². The molecule has 1 aliphatic carbocycles. The Bertz CT molecular complexity index is 706. The van der Waals surface area contributed by atoms with Gasteiger partial charge < -0.3 is 5.11 Å². The fourth-order valence-electron chi connectivity index (χ4n) is 2.37. The van der Waals surface area contributed by atoms with Crippen molar-refractivity contribution in [2.24, 2.45) is 10.4 Å². The number of carbonyl (C=O) groups is 1. The molecule has 124 valence electrons. The minimum absolute atomic E-state index is 0.0119. The minimum Gasteiger partial charge on any atom is -0.511 e. The van der Waals surface area contributed by atoms with Gasteiger partial charge in [-0.05, 0) is 23.6 Å². The number of halogens is 4. The van der Waals surface area contributed by atoms with Gasteiger partial charge in [-0.1, -0.05) is 25.4 Å². The van der Waals surface area contributed by atoms with Crippen molar-refractivity contribution >= 4 is 29.3 Å². The molecule has 1 aliphatic rings. The van der Waals surface area contributed by atoms with E-state index in [1.54, 1.807) is 0 Å². The highest BCUT2D eigenvalue weighted by atomic mass is 35.5. The third-order valence-corrected chi connectivity index (χ3v) is 3.82. The van der Waals surface area contributed by atoms with Crippen LogP contribution in [0.3, 0.4) is 0 Å². The molecule has 1 aromatic rings. The zero-order chi connectivity index (χ0) is 17.4. The van der Waals surface area contributed by atoms with Crippen LogP contribution in [0.2, 0.25) is 5.02 Å². The van der Waals surface area contributed by atoms with Gasteiger partial charge in [0.1, 0.15) is 5.76 Å². The van der Waals surface area contributed by atoms with Crippen LogP contribution < -0.4 is 0 Å². The van der Waals surface area contributed by atoms with Crippen molar-refractivity contribution in [1.82, 2.24) is 0 Å². The lowest BCUT2D eigenvalue weighted by atomic mass is 9.77. The third kappa shape index (κ3) is 4.13. The zero-order valence-electron chi connectivity index (χ0n) is 12.5. The Kier molecular flexibility index (Phi) is 4.57. The van der Waals surface area contributed by atoms with Crippen LogP contribution in [0.25, 0.3) is 0 Å². The number of hydrogen-bond acceptors (Lipinski definition) is 3. The van der Waals surface area contributed by atoms with Gasteiger partial charge in [0.15, 0.2) is 5.78 Å². The standard InChI is InChI=1S/C16H15ClF3NO2/c1-15(2)6-13(22)10(14(23)7-15)8-21-12-5-9(16(18,19)20)3-4-11(12)17/h3-5,8,22H,6-7H2,1-2H3. The summed E-state index contributed by atoms with van der Waals surface area (Å²) in [4.78, 5) is 15.9. The molecule has 0 spiro atoms. The Morgan fingerprint density at radius 3 is 2.52 bits per heavy atom. The van der Waals surface area contributed by atoms with Gasteiger partial charge in [-0.3, -0.25) is 9.79 Å². The van der Waals surface area contributed by atoms with Crippen LogP contribution in [0.5, 0.6) is 0 Å². The highest BCUT2D eigenvalue weighted by molar-refractivity contribution is 6.33. The first-order chi connectivity index (χ1) is 10.5. The van der Waals surface area contributed by atoms with Crippen LogP contribution in [-0.2, 0) is 11.0 Å². The van der Waals surface area contributed by atoms with E-state index in [4.69, 9.17) is 11.6 Å². The van der Waals surface area contributed by atoms with Gasteiger partial charge in [-0.2, -0.15) is 13.2 Å². The van der Waals surface area contributed by atoms with Gasteiger partial charge in [-0.15, -0.1) is 0 Å². The van der Waals surface area contributed by atoms with Crippen LogP contribution in [0, 0.1) is 5.41 Å². The topological polar surface area (TPSA) is 49.7 Å². The first-order valence-electron chi connectivity index (χ1n) is 6.86. The molecule has 0 fully saturated rings. The lowest BCUT2D eigenvalue weighted by Gasteiger charge is -2.28. The molecule has 0 saturated carbocycles. The summed E-state index contributed by atoms with van der Waals surface area (Å²) >= 11 is 5.84. The molecule has 0 atom stereocenters. The molecule has 1 N–H and O–H groups in total. The van der Waals surface area contributed by atoms with E-state index >= 15 is 0 Å². The van der Waals surface area contributed by atoms with Crippen molar-refractivity contribution in [3.8, 4) is 0 Å². The Hall–Kier alpha value is -1.82. The van der Waals surface area contributed by atoms with Gasteiger partial charge in [0.2, 0.25) is 0 Å². The van der Waals surface area contributed by atoms with Gasteiger partial charge in [-0.25, -0.2) is 0 Å². The molecule has 0 bridgehead atoms. The average molecular weight is 346 g/mol. The minimum atomic E-state index is -4.51. The molecule has 0 heterocycles. The number of nitrogens with zero attached hydrogens (tertiary/aromatic N) is 1. The molecule has 7 heteroatoms. The van der Waals surface area contributed by atoms with Crippen LogP contribution in [0.15, 0.2) is 34.5 Å². The predicted molar refractivity (Wildman–Crippen MR) is 82.3 cm³/mol. The second kappa shape index (κ2) is 6.00. The number of ketones is 1. The molecule has 0 radical (unpaired) electrons. The fourth-order valence-corrected chi connectivity index (χ4v) is 2.54. The van der Waals surface area contributed by atoms with Gasteiger partial charge >= 0.3 is 6.18 Å². The molecule has 0 unspecified atom stereocenters. The average Bonchev–Trinajstić information content (AvgIpc) is 2.36. The van der Waals surface area contributed by atoms with E-state index in [-0.39, 0.29) is 39.7 Å². The van der Waals surface area contributed by atoms with Crippen LogP contribution in [0.4, 0.5) is 18.9 Å². The monoisotopic (exact) mass is 345 g/mol. The number of aliphatic hydroxyl groups excluding tert-OH is 1. The van der Waals surface area contributed by atoms with E-state index < -0.39 is 11.7 Å². The summed E-state index contributed by atoms with van der Waals surface area (Å²) in [6.07, 6.45) is -2.90. The number of hydrogen-bond donors (Lipinski definition) is 1. The number of Topliss-reactive ketones (excluding diaryl/α,β-unsaturated/α-hetero) is 1. The van der Waals surface area contributed by atoms with Crippen LogP contribution in [-0.4, -0.2) is 17.1 Å². The molecular formula is C16H15ClF3NO2. The Morgan fingerprint density at radius 1 is 1.30 bits per heavy atom. The van der Waals surface area contributed by atoms with E-state index in [9.17, 15) is 23.1 Å². The first kappa shape index (κ1) is 17.5. The number of benzene rings is 1. The smallest absolute Gasteiger partial charge is 0.416 e. The first-order valence-corrected chi connectivity index (χ1v) is 7.23. The summed E-state index contributed by atoms with van der Waals surface area (Å²) in [7, 11) is 0. The van der Waals surface area contributed by atoms with E-state index in [1.807, 2.05) is 13.8 Å². The number of carbonyl (C=O) groups excluding carboxylic acids is 1. The van der Waals surface area contributed by atoms with Crippen molar-refractivity contribution in [2.75, 3.05) is 0 Å². The molecular weight excluding hydrogens is 331 g/mol. The summed E-state index contributed by atoms with van der Waals surface area (Å²) in [5.41, 5.74) is -1.34. The Balaban J connectivity index is 2.35. The van der Waals surface area contributed by atoms with Gasteiger partial charge in [0.25, 0.3) is 0 Å². The largest absolute Gasteiger partial charge is 0.511 e. The summed E-state index contributed by atoms with van der Waals surface area (Å²) in [6.45, 7) is 3.69. The lowest BCUT2D eigenvalue weighted by Crippen LogP contribution is -2.26. The van der Waals surface area contributed by atoms with E-state index in [0.29, 0.717) is 6.42 Å². The van der Waals surface area contributed by atoms with Crippen molar-refractivity contribution in [3.63, 3.8) is 0 Å². The third-order valence-electron chi connectivity index (χ3n) is 3.50. The Morgan fingerprint density at radius 2 is 1.96 bits per heavy atom. The van der Waals surface area contributed by atoms with Crippen molar-refractivity contribution < 1.29 is 23.1 Å². The predicted octanol–water partition coefficient (Wildman–Crippen LogP) is 5.26. The Labute approximate surface area is 136 Å². The highest BCUT2D eigenvalue weighted by Gasteiger charge is 2.33. The van der Waals surface area contributed by atoms with Crippen molar-refractivity contribution in [3.05, 3.63) is 40.1 Å². The van der Waals surface area contributed by atoms with Gasteiger partial charge in [0, 0.05) is 19.1 Å². The number of allylic oxidation sites excluding steroid dienone is 2. The molecule has 23 heavy (non-hydrogen) atoms. The molecule has 0 saturated heterocycles. The molecule has 2 rings (SSSR count). The van der Waals surface area contributed by atoms with Crippen molar-refractivity contribution in [2.45, 2.75) is 32.9 Å². The lowest BCUT2D eigenvalue weighted by molar-refractivity contribution is -0.137. The number of alkyl halides is 3. The molecule has 0 amide bonds. The van der Waals surface area contributed by atoms with Gasteiger partial charge in [0.05, 0.1) is 21.8 Å². The maximum absolute atomic E-state index is 12.7. The number of aliphatic hydroxyl groups is 1. The highest BCUT2D eigenvalue weighted by Crippen LogP contribution is 2.37. The molecule has 0 aromatic heterocycles. The zero-order valence-corrected chi connectivity index (χ0v) is 13.3. The van der Waals surface area contributed by atoms with E-state index in [2.05, 4.69) is 4.99 Å².